The van der Waals surface area contributed by atoms with Gasteiger partial charge in [-0.25, -0.2) is 9.59 Å². The third kappa shape index (κ3) is 5.21. The molecule has 9 heteroatoms. The average Bonchev–Trinajstić information content (AvgIpc) is 2.61. The molecule has 0 radical (unpaired) electrons. The molecule has 0 fully saturated rings. The molecule has 0 aliphatic rings. The van der Waals surface area contributed by atoms with E-state index < -0.39 is 18.5 Å². The lowest BCUT2D eigenvalue weighted by Crippen LogP contribution is -2.10. The minimum absolute atomic E-state index is 0.146. The summed E-state index contributed by atoms with van der Waals surface area (Å²) in [5, 5.41) is 21.7. The molecule has 0 saturated carbocycles. The fraction of sp³-hybridized carbons (Fsp3) is 0.118. The summed E-state index contributed by atoms with van der Waals surface area (Å²) in [4.78, 5) is 21.6. The van der Waals surface area contributed by atoms with E-state index in [4.69, 9.17) is 19.7 Å². The van der Waals surface area contributed by atoms with Gasteiger partial charge in [-0.05, 0) is 46.3 Å². The molecule has 8 nitrogen and oxygen atoms in total. The fourth-order valence-electron chi connectivity index (χ4n) is 1.96. The lowest BCUT2D eigenvalue weighted by Gasteiger charge is -2.11. The maximum Gasteiger partial charge on any atom is 0.341 e. The van der Waals surface area contributed by atoms with Gasteiger partial charge in [-0.1, -0.05) is 6.07 Å². The predicted molar refractivity (Wildman–Crippen MR) is 98.4 cm³/mol. The van der Waals surface area contributed by atoms with Crippen LogP contribution in [0.3, 0.4) is 0 Å². The molecule has 0 spiro atoms. The van der Waals surface area contributed by atoms with Crippen molar-refractivity contribution < 1.29 is 29.3 Å². The Morgan fingerprint density at radius 3 is 2.65 bits per heavy atom. The van der Waals surface area contributed by atoms with Crippen LogP contribution < -0.4 is 14.9 Å². The van der Waals surface area contributed by atoms with Gasteiger partial charge in [0.15, 0.2) is 18.1 Å². The van der Waals surface area contributed by atoms with Crippen molar-refractivity contribution >= 4 is 39.8 Å². The van der Waals surface area contributed by atoms with Crippen LogP contribution in [0.25, 0.3) is 0 Å². The first-order valence-corrected chi connectivity index (χ1v) is 8.04. The molecule has 0 aliphatic carbocycles. The molecule has 26 heavy (non-hydrogen) atoms. The molecule has 2 aromatic rings. The number of aliphatic carboxylic acids is 1. The zero-order chi connectivity index (χ0) is 19.1. The van der Waals surface area contributed by atoms with E-state index in [0.717, 1.165) is 0 Å². The Labute approximate surface area is 157 Å². The summed E-state index contributed by atoms with van der Waals surface area (Å²) >= 11 is 3.35. The third-order valence-corrected chi connectivity index (χ3v) is 3.83. The predicted octanol–water partition coefficient (Wildman–Crippen LogP) is 3.07. The van der Waals surface area contributed by atoms with E-state index in [1.165, 1.54) is 25.5 Å². The summed E-state index contributed by atoms with van der Waals surface area (Å²) in [6, 6.07) is 9.43. The molecule has 0 atom stereocenters. The lowest BCUT2D eigenvalue weighted by molar-refractivity contribution is -0.139. The fourth-order valence-corrected chi connectivity index (χ4v) is 2.38. The molecule has 136 valence electrons. The summed E-state index contributed by atoms with van der Waals surface area (Å²) in [6.07, 6.45) is 1.50. The van der Waals surface area contributed by atoms with Crippen molar-refractivity contribution in [3.63, 3.8) is 0 Å². The van der Waals surface area contributed by atoms with Gasteiger partial charge in [0.2, 0.25) is 0 Å². The van der Waals surface area contributed by atoms with Crippen LogP contribution in [0, 0.1) is 0 Å². The summed E-state index contributed by atoms with van der Waals surface area (Å²) in [6.45, 7) is -0.488. The van der Waals surface area contributed by atoms with Crippen LogP contribution in [0.5, 0.6) is 11.5 Å². The van der Waals surface area contributed by atoms with Crippen molar-refractivity contribution in [2.75, 3.05) is 19.1 Å². The summed E-state index contributed by atoms with van der Waals surface area (Å²) in [5.41, 5.74) is 4.05. The standard InChI is InChI=1S/C17H15BrN2O6/c1-25-14-6-11(13(18)7-15(14)26-9-16(21)22)8-19-20-12-4-2-3-10(5-12)17(23)24/h2-8,20H,9H2,1H3,(H,21,22)(H,23,24). The van der Waals surface area contributed by atoms with Crippen LogP contribution in [0.2, 0.25) is 0 Å². The molecule has 0 bridgehead atoms. The number of carboxylic acids is 2. The Balaban J connectivity index is 2.15. The zero-order valence-corrected chi connectivity index (χ0v) is 15.2. The molecule has 0 aromatic heterocycles. The number of halogens is 1. The molecule has 0 amide bonds. The van der Waals surface area contributed by atoms with Crippen molar-refractivity contribution in [1.29, 1.82) is 0 Å². The number of carbonyl (C=O) groups is 2. The van der Waals surface area contributed by atoms with E-state index in [-0.39, 0.29) is 11.3 Å². The van der Waals surface area contributed by atoms with E-state index in [9.17, 15) is 9.59 Å². The number of ether oxygens (including phenoxy) is 2. The maximum absolute atomic E-state index is 11.0. The van der Waals surface area contributed by atoms with Gasteiger partial charge in [0.25, 0.3) is 0 Å². The van der Waals surface area contributed by atoms with Gasteiger partial charge in [0, 0.05) is 10.0 Å². The van der Waals surface area contributed by atoms with Crippen molar-refractivity contribution in [1.82, 2.24) is 0 Å². The summed E-state index contributed by atoms with van der Waals surface area (Å²) in [5.74, 6) is -1.49. The number of hydrogen-bond donors (Lipinski definition) is 3. The smallest absolute Gasteiger partial charge is 0.341 e. The molecular weight excluding hydrogens is 408 g/mol. The number of aromatic carboxylic acids is 1. The van der Waals surface area contributed by atoms with Crippen LogP contribution in [-0.4, -0.2) is 42.1 Å². The maximum atomic E-state index is 11.0. The number of hydrogen-bond acceptors (Lipinski definition) is 6. The second kappa shape index (κ2) is 8.86. The van der Waals surface area contributed by atoms with Crippen molar-refractivity contribution in [2.24, 2.45) is 5.10 Å². The Bertz CT molecular complexity index is 853. The molecule has 0 saturated heterocycles. The first-order valence-electron chi connectivity index (χ1n) is 7.25. The topological polar surface area (TPSA) is 117 Å². The Morgan fingerprint density at radius 2 is 2.00 bits per heavy atom. The van der Waals surface area contributed by atoms with Crippen LogP contribution in [0.15, 0.2) is 46.0 Å². The van der Waals surface area contributed by atoms with Crippen LogP contribution in [0.1, 0.15) is 15.9 Å². The number of nitrogens with zero attached hydrogens (tertiary/aromatic N) is 1. The normalized spacial score (nSPS) is 10.5. The van der Waals surface area contributed by atoms with Gasteiger partial charge in [-0.3, -0.25) is 5.43 Å². The van der Waals surface area contributed by atoms with Gasteiger partial charge >= 0.3 is 11.9 Å². The molecular formula is C17H15BrN2O6. The quantitative estimate of drug-likeness (QED) is 0.441. The molecule has 3 N–H and O–H groups in total. The van der Waals surface area contributed by atoms with Crippen molar-refractivity contribution in [2.45, 2.75) is 0 Å². The Kier molecular flexibility index (Phi) is 6.56. The molecule has 0 heterocycles. The van der Waals surface area contributed by atoms with E-state index in [2.05, 4.69) is 26.5 Å². The van der Waals surface area contributed by atoms with Crippen molar-refractivity contribution in [3.05, 3.63) is 52.0 Å². The second-order valence-electron chi connectivity index (χ2n) is 4.96. The third-order valence-electron chi connectivity index (χ3n) is 3.14. The Morgan fingerprint density at radius 1 is 1.23 bits per heavy atom. The number of benzene rings is 2. The van der Waals surface area contributed by atoms with Crippen molar-refractivity contribution in [3.8, 4) is 11.5 Å². The minimum Gasteiger partial charge on any atom is -0.493 e. The van der Waals surface area contributed by atoms with E-state index in [1.54, 1.807) is 24.3 Å². The molecule has 0 aliphatic heterocycles. The second-order valence-corrected chi connectivity index (χ2v) is 5.82. The highest BCUT2D eigenvalue weighted by atomic mass is 79.9. The summed E-state index contributed by atoms with van der Waals surface area (Å²) in [7, 11) is 1.44. The van der Waals surface area contributed by atoms with Gasteiger partial charge in [0.1, 0.15) is 0 Å². The highest BCUT2D eigenvalue weighted by Crippen LogP contribution is 2.33. The van der Waals surface area contributed by atoms with Gasteiger partial charge < -0.3 is 19.7 Å². The number of rotatable bonds is 8. The van der Waals surface area contributed by atoms with Gasteiger partial charge in [-0.15, -0.1) is 0 Å². The highest BCUT2D eigenvalue weighted by Gasteiger charge is 2.11. The first kappa shape index (κ1) is 19.3. The van der Waals surface area contributed by atoms with Crippen LogP contribution in [0.4, 0.5) is 5.69 Å². The molecule has 2 rings (SSSR count). The Hall–Kier alpha value is -3.07. The monoisotopic (exact) mass is 422 g/mol. The number of nitrogens with one attached hydrogen (secondary N) is 1. The lowest BCUT2D eigenvalue weighted by atomic mass is 10.2. The number of anilines is 1. The summed E-state index contributed by atoms with van der Waals surface area (Å²) < 4.78 is 11.0. The van der Waals surface area contributed by atoms with E-state index in [0.29, 0.717) is 21.5 Å². The number of carboxylic acid groups (broad SMARTS) is 2. The van der Waals surface area contributed by atoms with Crippen LogP contribution in [-0.2, 0) is 4.79 Å². The molecule has 0 unspecified atom stereocenters. The molecule has 2 aromatic carbocycles. The van der Waals surface area contributed by atoms with E-state index >= 15 is 0 Å². The SMILES string of the molecule is COc1cc(C=NNc2cccc(C(=O)O)c2)c(Br)cc1OCC(=O)O. The van der Waals surface area contributed by atoms with Gasteiger partial charge in [0.05, 0.1) is 24.6 Å². The first-order chi connectivity index (χ1) is 12.4. The zero-order valence-electron chi connectivity index (χ0n) is 13.6. The highest BCUT2D eigenvalue weighted by molar-refractivity contribution is 9.10. The number of hydrazone groups is 1. The van der Waals surface area contributed by atoms with Gasteiger partial charge in [-0.2, -0.15) is 5.10 Å². The minimum atomic E-state index is -1.10. The van der Waals surface area contributed by atoms with Crippen LogP contribution >= 0.6 is 15.9 Å². The largest absolute Gasteiger partial charge is 0.493 e. The average molecular weight is 423 g/mol. The van der Waals surface area contributed by atoms with E-state index in [1.807, 2.05) is 0 Å². The number of methoxy groups -OCH3 is 1.